The maximum atomic E-state index is 12.1. The standard InChI is InChI=1S/C15H14N2O3/c1-9-8-10(6-7-11(9)15(19)20)17-14(18)12-4-2-3-5-13(12)16/h2-8H,16H2,1H3,(H,17,18)(H,19,20). The van der Waals surface area contributed by atoms with Crippen molar-refractivity contribution in [2.75, 3.05) is 11.1 Å². The third-order valence-electron chi connectivity index (χ3n) is 2.92. The second-order valence-corrected chi connectivity index (χ2v) is 4.38. The number of anilines is 2. The van der Waals surface area contributed by atoms with Gasteiger partial charge in [-0.3, -0.25) is 4.79 Å². The van der Waals surface area contributed by atoms with Gasteiger partial charge in [-0.05, 0) is 42.8 Å². The Bertz CT molecular complexity index is 681. The minimum absolute atomic E-state index is 0.210. The van der Waals surface area contributed by atoms with Gasteiger partial charge in [0, 0.05) is 11.4 Å². The van der Waals surface area contributed by atoms with Crippen LogP contribution >= 0.6 is 0 Å². The third-order valence-corrected chi connectivity index (χ3v) is 2.92. The zero-order valence-electron chi connectivity index (χ0n) is 10.9. The van der Waals surface area contributed by atoms with Gasteiger partial charge in [-0.1, -0.05) is 12.1 Å². The van der Waals surface area contributed by atoms with E-state index in [2.05, 4.69) is 5.32 Å². The first-order chi connectivity index (χ1) is 9.49. The predicted molar refractivity (Wildman–Crippen MR) is 76.9 cm³/mol. The first kappa shape index (κ1) is 13.6. The van der Waals surface area contributed by atoms with Gasteiger partial charge in [0.1, 0.15) is 0 Å². The number of nitrogens with two attached hydrogens (primary N) is 1. The van der Waals surface area contributed by atoms with Crippen molar-refractivity contribution in [1.82, 2.24) is 0 Å². The van der Waals surface area contributed by atoms with E-state index in [1.807, 2.05) is 0 Å². The summed E-state index contributed by atoms with van der Waals surface area (Å²) in [4.78, 5) is 23.0. The molecule has 4 N–H and O–H groups in total. The van der Waals surface area contributed by atoms with E-state index in [0.717, 1.165) is 0 Å². The molecule has 0 spiro atoms. The molecule has 0 saturated heterocycles. The van der Waals surface area contributed by atoms with Crippen LogP contribution in [-0.4, -0.2) is 17.0 Å². The molecule has 0 saturated carbocycles. The number of aromatic carboxylic acids is 1. The summed E-state index contributed by atoms with van der Waals surface area (Å²) in [6.07, 6.45) is 0. The summed E-state index contributed by atoms with van der Waals surface area (Å²) >= 11 is 0. The molecule has 0 aliphatic rings. The molecule has 20 heavy (non-hydrogen) atoms. The van der Waals surface area contributed by atoms with Gasteiger partial charge in [-0.2, -0.15) is 0 Å². The molecular formula is C15H14N2O3. The normalized spacial score (nSPS) is 10.1. The molecule has 0 aliphatic carbocycles. The summed E-state index contributed by atoms with van der Waals surface area (Å²) in [7, 11) is 0. The second kappa shape index (κ2) is 5.44. The monoisotopic (exact) mass is 270 g/mol. The molecule has 102 valence electrons. The Morgan fingerprint density at radius 2 is 1.80 bits per heavy atom. The molecule has 5 heteroatoms. The van der Waals surface area contributed by atoms with Crippen LogP contribution in [0.3, 0.4) is 0 Å². The van der Waals surface area contributed by atoms with E-state index >= 15 is 0 Å². The van der Waals surface area contributed by atoms with Gasteiger partial charge < -0.3 is 16.2 Å². The number of hydrogen-bond donors (Lipinski definition) is 3. The molecule has 0 aliphatic heterocycles. The fraction of sp³-hybridized carbons (Fsp3) is 0.0667. The number of hydrogen-bond acceptors (Lipinski definition) is 3. The first-order valence-electron chi connectivity index (χ1n) is 5.99. The minimum Gasteiger partial charge on any atom is -0.478 e. The van der Waals surface area contributed by atoms with Gasteiger partial charge in [0.25, 0.3) is 5.91 Å². The first-order valence-corrected chi connectivity index (χ1v) is 5.99. The summed E-state index contributed by atoms with van der Waals surface area (Å²) < 4.78 is 0. The van der Waals surface area contributed by atoms with E-state index in [1.54, 1.807) is 43.3 Å². The van der Waals surface area contributed by atoms with Gasteiger partial charge >= 0.3 is 5.97 Å². The van der Waals surface area contributed by atoms with E-state index in [-0.39, 0.29) is 11.5 Å². The van der Waals surface area contributed by atoms with Crippen LogP contribution in [0.4, 0.5) is 11.4 Å². The van der Waals surface area contributed by atoms with Crippen molar-refractivity contribution in [3.05, 3.63) is 59.2 Å². The average Bonchev–Trinajstić information content (AvgIpc) is 2.38. The number of carboxylic acids is 1. The maximum absolute atomic E-state index is 12.1. The Kier molecular flexibility index (Phi) is 3.70. The second-order valence-electron chi connectivity index (χ2n) is 4.38. The van der Waals surface area contributed by atoms with E-state index in [0.29, 0.717) is 22.5 Å². The lowest BCUT2D eigenvalue weighted by Crippen LogP contribution is -2.14. The van der Waals surface area contributed by atoms with E-state index < -0.39 is 5.97 Å². The zero-order chi connectivity index (χ0) is 14.7. The minimum atomic E-state index is -0.993. The highest BCUT2D eigenvalue weighted by molar-refractivity contribution is 6.07. The number of carbonyl (C=O) groups is 2. The van der Waals surface area contributed by atoms with Gasteiger partial charge in [-0.15, -0.1) is 0 Å². The zero-order valence-corrected chi connectivity index (χ0v) is 10.9. The molecule has 0 radical (unpaired) electrons. The topological polar surface area (TPSA) is 92.4 Å². The number of carbonyl (C=O) groups excluding carboxylic acids is 1. The predicted octanol–water partition coefficient (Wildman–Crippen LogP) is 2.53. The Hall–Kier alpha value is -2.82. The number of amides is 1. The molecule has 2 rings (SSSR count). The van der Waals surface area contributed by atoms with Gasteiger partial charge in [0.15, 0.2) is 0 Å². The van der Waals surface area contributed by atoms with Crippen LogP contribution in [0.2, 0.25) is 0 Å². The Balaban J connectivity index is 2.23. The summed E-state index contributed by atoms with van der Waals surface area (Å²) in [6.45, 7) is 1.68. The van der Waals surface area contributed by atoms with Crippen molar-refractivity contribution in [1.29, 1.82) is 0 Å². The van der Waals surface area contributed by atoms with Crippen molar-refractivity contribution < 1.29 is 14.7 Å². The van der Waals surface area contributed by atoms with Crippen LogP contribution in [0, 0.1) is 6.92 Å². The lowest BCUT2D eigenvalue weighted by atomic mass is 10.1. The highest BCUT2D eigenvalue weighted by Gasteiger charge is 2.11. The summed E-state index contributed by atoms with van der Waals surface area (Å²) in [5.41, 5.74) is 7.82. The number of nitrogens with one attached hydrogen (secondary N) is 1. The quantitative estimate of drug-likeness (QED) is 0.747. The molecule has 0 heterocycles. The number of benzene rings is 2. The van der Waals surface area contributed by atoms with Crippen molar-refractivity contribution in [2.24, 2.45) is 0 Å². The molecule has 2 aromatic rings. The largest absolute Gasteiger partial charge is 0.478 e. The number of carboxylic acid groups (broad SMARTS) is 1. The molecular weight excluding hydrogens is 256 g/mol. The molecule has 0 aromatic heterocycles. The van der Waals surface area contributed by atoms with Crippen LogP contribution < -0.4 is 11.1 Å². The highest BCUT2D eigenvalue weighted by atomic mass is 16.4. The SMILES string of the molecule is Cc1cc(NC(=O)c2ccccc2N)ccc1C(=O)O. The molecule has 0 unspecified atom stereocenters. The summed E-state index contributed by atoms with van der Waals surface area (Å²) in [5.74, 6) is -1.32. The number of para-hydroxylation sites is 1. The van der Waals surface area contributed by atoms with Crippen LogP contribution in [0.1, 0.15) is 26.3 Å². The van der Waals surface area contributed by atoms with Crippen molar-refractivity contribution in [3.63, 3.8) is 0 Å². The fourth-order valence-electron chi connectivity index (χ4n) is 1.88. The van der Waals surface area contributed by atoms with Crippen molar-refractivity contribution in [3.8, 4) is 0 Å². The van der Waals surface area contributed by atoms with E-state index in [4.69, 9.17) is 10.8 Å². The maximum Gasteiger partial charge on any atom is 0.335 e. The van der Waals surface area contributed by atoms with E-state index in [9.17, 15) is 9.59 Å². The Morgan fingerprint density at radius 3 is 2.40 bits per heavy atom. The van der Waals surface area contributed by atoms with Gasteiger partial charge in [0.2, 0.25) is 0 Å². The number of rotatable bonds is 3. The lowest BCUT2D eigenvalue weighted by molar-refractivity contribution is 0.0696. The molecule has 0 atom stereocenters. The fourth-order valence-corrected chi connectivity index (χ4v) is 1.88. The molecule has 5 nitrogen and oxygen atoms in total. The van der Waals surface area contributed by atoms with Crippen molar-refractivity contribution >= 4 is 23.3 Å². The smallest absolute Gasteiger partial charge is 0.335 e. The molecule has 0 fully saturated rings. The summed E-state index contributed by atoms with van der Waals surface area (Å²) in [6, 6.07) is 11.4. The summed E-state index contributed by atoms with van der Waals surface area (Å²) in [5, 5.41) is 11.6. The molecule has 2 aromatic carbocycles. The van der Waals surface area contributed by atoms with Crippen molar-refractivity contribution in [2.45, 2.75) is 6.92 Å². The van der Waals surface area contributed by atoms with Crippen LogP contribution in [-0.2, 0) is 0 Å². The lowest BCUT2D eigenvalue weighted by Gasteiger charge is -2.09. The molecule has 1 amide bonds. The van der Waals surface area contributed by atoms with E-state index in [1.165, 1.54) is 6.07 Å². The van der Waals surface area contributed by atoms with Gasteiger partial charge in [0.05, 0.1) is 11.1 Å². The highest BCUT2D eigenvalue weighted by Crippen LogP contribution is 2.18. The Morgan fingerprint density at radius 1 is 1.10 bits per heavy atom. The third kappa shape index (κ3) is 2.77. The molecule has 0 bridgehead atoms. The van der Waals surface area contributed by atoms with Crippen LogP contribution in [0.15, 0.2) is 42.5 Å². The van der Waals surface area contributed by atoms with Crippen LogP contribution in [0.25, 0.3) is 0 Å². The van der Waals surface area contributed by atoms with Gasteiger partial charge in [-0.25, -0.2) is 4.79 Å². The average molecular weight is 270 g/mol. The van der Waals surface area contributed by atoms with Crippen LogP contribution in [0.5, 0.6) is 0 Å². The number of nitrogen functional groups attached to an aromatic ring is 1. The number of aryl methyl sites for hydroxylation is 1. The Labute approximate surface area is 116 Å².